The van der Waals surface area contributed by atoms with Crippen LogP contribution in [0.1, 0.15) is 29.8 Å². The van der Waals surface area contributed by atoms with Crippen LogP contribution in [0, 0.1) is 6.92 Å². The molecule has 0 aliphatic carbocycles. The predicted octanol–water partition coefficient (Wildman–Crippen LogP) is 0.866. The molecule has 5 nitrogen and oxygen atoms in total. The van der Waals surface area contributed by atoms with Gasteiger partial charge in [-0.1, -0.05) is 6.07 Å². The highest BCUT2D eigenvalue weighted by Crippen LogP contribution is 2.15. The van der Waals surface area contributed by atoms with Gasteiger partial charge in [0.05, 0.1) is 4.90 Å². The van der Waals surface area contributed by atoms with Crippen molar-refractivity contribution in [3.05, 3.63) is 29.3 Å². The van der Waals surface area contributed by atoms with E-state index in [0.29, 0.717) is 12.1 Å². The van der Waals surface area contributed by atoms with E-state index in [0.717, 1.165) is 11.8 Å². The molecular formula is C13H20N2O3S. The lowest BCUT2D eigenvalue weighted by molar-refractivity contribution is 0.0945. The molecule has 0 bridgehead atoms. The molecule has 0 unspecified atom stereocenters. The van der Waals surface area contributed by atoms with Crippen LogP contribution in [0.4, 0.5) is 0 Å². The normalized spacial score (nSPS) is 12.3. The van der Waals surface area contributed by atoms with Gasteiger partial charge in [0.1, 0.15) is 0 Å². The molecule has 0 fully saturated rings. The zero-order valence-electron chi connectivity index (χ0n) is 11.6. The van der Waals surface area contributed by atoms with Crippen molar-refractivity contribution in [2.75, 3.05) is 12.8 Å². The Kier molecular flexibility index (Phi) is 4.37. The molecule has 1 rings (SSSR count). The number of benzene rings is 1. The molecule has 6 heteroatoms. The predicted molar refractivity (Wildman–Crippen MR) is 74.9 cm³/mol. The van der Waals surface area contributed by atoms with Gasteiger partial charge in [-0.2, -0.15) is 0 Å². The number of rotatable bonds is 4. The molecule has 3 N–H and O–H groups in total. The van der Waals surface area contributed by atoms with Crippen LogP contribution in [0.2, 0.25) is 0 Å². The minimum absolute atomic E-state index is 0.134. The molecule has 0 saturated heterocycles. The number of aryl methyl sites for hydroxylation is 1. The summed E-state index contributed by atoms with van der Waals surface area (Å²) in [6.45, 7) is 5.67. The van der Waals surface area contributed by atoms with Crippen molar-refractivity contribution in [3.63, 3.8) is 0 Å². The van der Waals surface area contributed by atoms with Gasteiger partial charge in [-0.05, 0) is 38.5 Å². The van der Waals surface area contributed by atoms with Gasteiger partial charge in [0, 0.05) is 23.9 Å². The van der Waals surface area contributed by atoms with E-state index in [-0.39, 0.29) is 10.8 Å². The van der Waals surface area contributed by atoms with Crippen LogP contribution in [-0.4, -0.2) is 32.7 Å². The van der Waals surface area contributed by atoms with Gasteiger partial charge in [-0.15, -0.1) is 0 Å². The summed E-state index contributed by atoms with van der Waals surface area (Å²) in [6.07, 6.45) is 1.11. The van der Waals surface area contributed by atoms with Crippen LogP contribution in [0.5, 0.6) is 0 Å². The number of nitrogens with two attached hydrogens (primary N) is 1. The maximum absolute atomic E-state index is 12.0. The molecule has 1 amide bonds. The van der Waals surface area contributed by atoms with Crippen molar-refractivity contribution in [1.82, 2.24) is 5.32 Å². The van der Waals surface area contributed by atoms with Crippen molar-refractivity contribution >= 4 is 15.7 Å². The van der Waals surface area contributed by atoms with Gasteiger partial charge in [0.15, 0.2) is 9.84 Å². The summed E-state index contributed by atoms with van der Waals surface area (Å²) in [5.74, 6) is -0.318. The molecule has 19 heavy (non-hydrogen) atoms. The lowest BCUT2D eigenvalue weighted by Crippen LogP contribution is -2.45. The Balaban J connectivity index is 3.03. The van der Waals surface area contributed by atoms with Gasteiger partial charge in [0.25, 0.3) is 5.91 Å². The van der Waals surface area contributed by atoms with E-state index in [4.69, 9.17) is 5.73 Å². The van der Waals surface area contributed by atoms with E-state index in [1.54, 1.807) is 26.8 Å². The molecule has 0 atom stereocenters. The van der Waals surface area contributed by atoms with Gasteiger partial charge >= 0.3 is 0 Å². The number of hydrogen-bond acceptors (Lipinski definition) is 4. The Morgan fingerprint density at radius 1 is 1.37 bits per heavy atom. The first-order chi connectivity index (χ1) is 8.50. The first kappa shape index (κ1) is 15.7. The monoisotopic (exact) mass is 284 g/mol. The Morgan fingerprint density at radius 2 is 1.95 bits per heavy atom. The molecule has 1 aromatic carbocycles. The number of sulfone groups is 1. The summed E-state index contributed by atoms with van der Waals surface area (Å²) < 4.78 is 23.0. The van der Waals surface area contributed by atoms with Crippen LogP contribution >= 0.6 is 0 Å². The molecule has 0 spiro atoms. The third-order valence-corrected chi connectivity index (χ3v) is 3.70. The molecule has 0 aromatic heterocycles. The molecule has 1 aromatic rings. The molecule has 0 heterocycles. The second-order valence-corrected chi connectivity index (χ2v) is 7.44. The Bertz CT molecular complexity index is 586. The standard InChI is InChI=1S/C13H20N2O3S/c1-9-5-6-10(19(4,17)18)7-11(9)12(16)15-8-13(2,3)14/h5-7H,8,14H2,1-4H3,(H,15,16). The fourth-order valence-electron chi connectivity index (χ4n) is 1.48. The highest BCUT2D eigenvalue weighted by molar-refractivity contribution is 7.90. The Hall–Kier alpha value is -1.40. The summed E-state index contributed by atoms with van der Waals surface area (Å²) >= 11 is 0. The Labute approximate surface area is 114 Å². The number of hydrogen-bond donors (Lipinski definition) is 2. The molecule has 106 valence electrons. The molecule has 0 saturated carbocycles. The van der Waals surface area contributed by atoms with Crippen molar-refractivity contribution in [3.8, 4) is 0 Å². The maximum atomic E-state index is 12.0. The minimum atomic E-state index is -3.32. The molecule has 0 aliphatic rings. The zero-order valence-corrected chi connectivity index (χ0v) is 12.5. The van der Waals surface area contributed by atoms with Crippen LogP contribution in [0.15, 0.2) is 23.1 Å². The first-order valence-electron chi connectivity index (χ1n) is 5.88. The highest BCUT2D eigenvalue weighted by atomic mass is 32.2. The van der Waals surface area contributed by atoms with E-state index in [2.05, 4.69) is 5.32 Å². The van der Waals surface area contributed by atoms with Crippen LogP contribution in [0.25, 0.3) is 0 Å². The van der Waals surface area contributed by atoms with Gasteiger partial charge in [0.2, 0.25) is 0 Å². The zero-order chi connectivity index (χ0) is 14.8. The van der Waals surface area contributed by atoms with E-state index in [9.17, 15) is 13.2 Å². The quantitative estimate of drug-likeness (QED) is 0.858. The average Bonchev–Trinajstić information content (AvgIpc) is 2.24. The fraction of sp³-hybridized carbons (Fsp3) is 0.462. The van der Waals surface area contributed by atoms with E-state index >= 15 is 0 Å². The Morgan fingerprint density at radius 3 is 2.42 bits per heavy atom. The summed E-state index contributed by atoms with van der Waals surface area (Å²) in [5, 5.41) is 2.70. The van der Waals surface area contributed by atoms with Crippen LogP contribution in [-0.2, 0) is 9.84 Å². The second-order valence-electron chi connectivity index (χ2n) is 5.42. The average molecular weight is 284 g/mol. The van der Waals surface area contributed by atoms with E-state index in [1.165, 1.54) is 12.1 Å². The number of amides is 1. The van der Waals surface area contributed by atoms with Crippen molar-refractivity contribution in [2.45, 2.75) is 31.2 Å². The topological polar surface area (TPSA) is 89.3 Å². The van der Waals surface area contributed by atoms with Crippen molar-refractivity contribution in [2.24, 2.45) is 5.73 Å². The largest absolute Gasteiger partial charge is 0.350 e. The van der Waals surface area contributed by atoms with Crippen LogP contribution < -0.4 is 11.1 Å². The minimum Gasteiger partial charge on any atom is -0.350 e. The van der Waals surface area contributed by atoms with Gasteiger partial charge in [-0.25, -0.2) is 8.42 Å². The second kappa shape index (κ2) is 5.30. The molecular weight excluding hydrogens is 264 g/mol. The summed E-state index contributed by atoms with van der Waals surface area (Å²) in [5.41, 5.74) is 6.35. The lowest BCUT2D eigenvalue weighted by atomic mass is 10.1. The van der Waals surface area contributed by atoms with Crippen LogP contribution in [0.3, 0.4) is 0 Å². The third-order valence-electron chi connectivity index (χ3n) is 2.59. The highest BCUT2D eigenvalue weighted by Gasteiger charge is 2.17. The van der Waals surface area contributed by atoms with Gasteiger partial charge in [-0.3, -0.25) is 4.79 Å². The number of carbonyl (C=O) groups excluding carboxylic acids is 1. The smallest absolute Gasteiger partial charge is 0.251 e. The van der Waals surface area contributed by atoms with Gasteiger partial charge < -0.3 is 11.1 Å². The summed E-state index contributed by atoms with van der Waals surface area (Å²) in [4.78, 5) is 12.2. The third kappa shape index (κ3) is 4.65. The van der Waals surface area contributed by atoms with E-state index < -0.39 is 15.4 Å². The molecule has 0 radical (unpaired) electrons. The number of nitrogens with one attached hydrogen (secondary N) is 1. The van der Waals surface area contributed by atoms with Crippen molar-refractivity contribution in [1.29, 1.82) is 0 Å². The van der Waals surface area contributed by atoms with E-state index in [1.807, 2.05) is 0 Å². The SMILES string of the molecule is Cc1ccc(S(C)(=O)=O)cc1C(=O)NCC(C)(C)N. The fourth-order valence-corrected chi connectivity index (χ4v) is 2.13. The first-order valence-corrected chi connectivity index (χ1v) is 7.78. The lowest BCUT2D eigenvalue weighted by Gasteiger charge is -2.19. The molecule has 0 aliphatic heterocycles. The van der Waals surface area contributed by atoms with Crippen molar-refractivity contribution < 1.29 is 13.2 Å². The maximum Gasteiger partial charge on any atom is 0.251 e. The number of carbonyl (C=O) groups is 1. The summed E-state index contributed by atoms with van der Waals surface area (Å²) in [6, 6.07) is 4.51. The summed E-state index contributed by atoms with van der Waals surface area (Å²) in [7, 11) is -3.32.